The van der Waals surface area contributed by atoms with Gasteiger partial charge in [-0.25, -0.2) is 9.59 Å². The summed E-state index contributed by atoms with van der Waals surface area (Å²) < 4.78 is 0. The summed E-state index contributed by atoms with van der Waals surface area (Å²) in [5.41, 5.74) is 0. The average Bonchev–Trinajstić information content (AvgIpc) is 2.15. The molecule has 0 aliphatic rings. The predicted molar refractivity (Wildman–Crippen MR) is 62.7 cm³/mol. The van der Waals surface area contributed by atoms with Gasteiger partial charge in [0.2, 0.25) is 0 Å². The molecule has 17 heavy (non-hydrogen) atoms. The first kappa shape index (κ1) is 22.3. The van der Waals surface area contributed by atoms with Crippen molar-refractivity contribution >= 4 is 49.7 Å². The molecule has 98 valence electrons. The molecule has 0 spiro atoms. The smallest absolute Gasteiger partial charge is 0.332 e. The largest absolute Gasteiger partial charge is 0.479 e. The van der Waals surface area contributed by atoms with Crippen molar-refractivity contribution in [2.24, 2.45) is 11.8 Å². The Kier molecular flexibility index (Phi) is 14.7. The molecule has 0 bridgehead atoms. The van der Waals surface area contributed by atoms with Crippen molar-refractivity contribution in [1.82, 2.24) is 0 Å². The molecule has 0 heterocycles. The van der Waals surface area contributed by atoms with E-state index in [1.165, 1.54) is 0 Å². The third-order valence-electron chi connectivity index (χ3n) is 1.77. The Labute approximate surface area is 131 Å². The number of carbonyl (C=O) groups is 2. The van der Waals surface area contributed by atoms with Crippen LogP contribution in [0.3, 0.4) is 0 Å². The van der Waals surface area contributed by atoms with Crippen LogP contribution in [-0.2, 0) is 9.59 Å². The fourth-order valence-corrected chi connectivity index (χ4v) is 0.570. The summed E-state index contributed by atoms with van der Waals surface area (Å²) in [5.74, 6) is -2.71. The van der Waals surface area contributed by atoms with Gasteiger partial charge in [0.15, 0.2) is 12.2 Å². The molecular weight excluding hydrogens is 256 g/mol. The minimum absolute atomic E-state index is 0. The molecule has 0 unspecified atom stereocenters. The van der Waals surface area contributed by atoms with Crippen LogP contribution >= 0.6 is 0 Å². The average molecular weight is 276 g/mol. The van der Waals surface area contributed by atoms with Crippen LogP contribution in [0, 0.1) is 11.8 Å². The zero-order valence-electron chi connectivity index (χ0n) is 10.6. The Hall–Kier alpha value is 0.120. The molecular formula is C10H20CaO6. The zero-order valence-corrected chi connectivity index (χ0v) is 12.8. The number of carboxylic acids is 2. The maximum absolute atomic E-state index is 9.89. The topological polar surface area (TPSA) is 115 Å². The van der Waals surface area contributed by atoms with Crippen LogP contribution in [0.5, 0.6) is 0 Å². The van der Waals surface area contributed by atoms with Gasteiger partial charge in [-0.2, -0.15) is 0 Å². The number of rotatable bonds is 4. The summed E-state index contributed by atoms with van der Waals surface area (Å²) in [5, 5.41) is 33.4. The third-order valence-corrected chi connectivity index (χ3v) is 1.77. The Bertz CT molecular complexity index is 205. The van der Waals surface area contributed by atoms with Gasteiger partial charge < -0.3 is 20.4 Å². The molecule has 6 nitrogen and oxygen atoms in total. The van der Waals surface area contributed by atoms with E-state index in [-0.39, 0.29) is 49.6 Å². The van der Waals surface area contributed by atoms with Gasteiger partial charge in [-0.15, -0.1) is 0 Å². The van der Waals surface area contributed by atoms with E-state index in [0.29, 0.717) is 0 Å². The van der Waals surface area contributed by atoms with Gasteiger partial charge in [0.25, 0.3) is 0 Å². The normalized spacial score (nSPS) is 13.2. The van der Waals surface area contributed by atoms with Crippen molar-refractivity contribution in [1.29, 1.82) is 0 Å². The van der Waals surface area contributed by atoms with Gasteiger partial charge in [0.05, 0.1) is 0 Å². The van der Waals surface area contributed by atoms with Gasteiger partial charge in [0.1, 0.15) is 0 Å². The van der Waals surface area contributed by atoms with Gasteiger partial charge in [-0.1, -0.05) is 27.7 Å². The summed E-state index contributed by atoms with van der Waals surface area (Å²) in [4.78, 5) is 19.8. The summed E-state index contributed by atoms with van der Waals surface area (Å²) in [6.07, 6.45) is -2.43. The van der Waals surface area contributed by atoms with Crippen LogP contribution in [-0.4, -0.2) is 82.3 Å². The van der Waals surface area contributed by atoms with E-state index in [4.69, 9.17) is 20.4 Å². The van der Waals surface area contributed by atoms with E-state index in [1.807, 2.05) is 0 Å². The molecule has 2 radical (unpaired) electrons. The second-order valence-electron chi connectivity index (χ2n) is 4.05. The molecule has 0 rings (SSSR count). The van der Waals surface area contributed by atoms with Crippen molar-refractivity contribution in [3.63, 3.8) is 0 Å². The minimum atomic E-state index is -1.21. The van der Waals surface area contributed by atoms with Crippen LogP contribution in [0.4, 0.5) is 0 Å². The van der Waals surface area contributed by atoms with E-state index in [0.717, 1.165) is 0 Å². The molecule has 0 aromatic heterocycles. The molecule has 0 amide bonds. The molecule has 4 N–H and O–H groups in total. The molecule has 2 atom stereocenters. The number of aliphatic hydroxyl groups is 2. The van der Waals surface area contributed by atoms with E-state index < -0.39 is 24.1 Å². The van der Waals surface area contributed by atoms with Crippen LogP contribution in [0.15, 0.2) is 0 Å². The van der Waals surface area contributed by atoms with Gasteiger partial charge in [-0.3, -0.25) is 0 Å². The number of aliphatic carboxylic acids is 2. The van der Waals surface area contributed by atoms with Crippen molar-refractivity contribution in [2.75, 3.05) is 0 Å². The Morgan fingerprint density at radius 2 is 0.941 bits per heavy atom. The number of hydrogen-bond acceptors (Lipinski definition) is 4. The Morgan fingerprint density at radius 1 is 0.765 bits per heavy atom. The number of carboxylic acid groups (broad SMARTS) is 2. The van der Waals surface area contributed by atoms with Gasteiger partial charge >= 0.3 is 11.9 Å². The quantitative estimate of drug-likeness (QED) is 0.528. The van der Waals surface area contributed by atoms with Crippen molar-refractivity contribution in [3.8, 4) is 0 Å². The summed E-state index contributed by atoms with van der Waals surface area (Å²) in [6, 6.07) is 0. The SMILES string of the molecule is CC(C)[C@H](O)C(=O)O.CC(C)[C@H](O)C(=O)O.[Ca]. The maximum Gasteiger partial charge on any atom is 0.332 e. The maximum atomic E-state index is 9.89. The first-order chi connectivity index (χ1) is 7.11. The molecule has 0 saturated heterocycles. The number of hydrogen-bond donors (Lipinski definition) is 4. The van der Waals surface area contributed by atoms with E-state index in [9.17, 15) is 9.59 Å². The van der Waals surface area contributed by atoms with Gasteiger partial charge in [0, 0.05) is 37.7 Å². The first-order valence-electron chi connectivity index (χ1n) is 4.93. The van der Waals surface area contributed by atoms with Gasteiger partial charge in [-0.05, 0) is 11.8 Å². The first-order valence-corrected chi connectivity index (χ1v) is 4.93. The summed E-state index contributed by atoms with van der Waals surface area (Å²) in [7, 11) is 0. The molecule has 0 saturated carbocycles. The fourth-order valence-electron chi connectivity index (χ4n) is 0.570. The van der Waals surface area contributed by atoms with Crippen molar-refractivity contribution in [2.45, 2.75) is 39.9 Å². The van der Waals surface area contributed by atoms with Crippen LogP contribution in [0.2, 0.25) is 0 Å². The predicted octanol–water partition coefficient (Wildman–Crippen LogP) is -0.205. The van der Waals surface area contributed by atoms with Crippen LogP contribution < -0.4 is 0 Å². The van der Waals surface area contributed by atoms with E-state index >= 15 is 0 Å². The zero-order chi connectivity index (χ0) is 13.5. The van der Waals surface area contributed by atoms with Crippen LogP contribution in [0.25, 0.3) is 0 Å². The Balaban J connectivity index is -0.000000218. The van der Waals surface area contributed by atoms with Crippen molar-refractivity contribution < 1.29 is 30.0 Å². The fraction of sp³-hybridized carbons (Fsp3) is 0.800. The molecule has 0 aliphatic carbocycles. The molecule has 0 aromatic carbocycles. The molecule has 0 aromatic rings. The molecule has 0 aliphatic heterocycles. The molecule has 7 heteroatoms. The monoisotopic (exact) mass is 276 g/mol. The summed E-state index contributed by atoms with van der Waals surface area (Å²) in [6.45, 7) is 6.61. The van der Waals surface area contributed by atoms with E-state index in [2.05, 4.69) is 0 Å². The van der Waals surface area contributed by atoms with E-state index in [1.54, 1.807) is 27.7 Å². The molecule has 0 fully saturated rings. The third kappa shape index (κ3) is 12.4. The summed E-state index contributed by atoms with van der Waals surface area (Å²) >= 11 is 0. The second-order valence-corrected chi connectivity index (χ2v) is 4.05. The standard InChI is InChI=1S/2C5H10O3.Ca/c2*1-3(2)4(6)5(7)8;/h2*3-4,6H,1-2H3,(H,7,8);/t2*4-;/m00./s1. The minimum Gasteiger partial charge on any atom is -0.479 e. The van der Waals surface area contributed by atoms with Crippen molar-refractivity contribution in [3.05, 3.63) is 0 Å². The Morgan fingerprint density at radius 3 is 0.941 bits per heavy atom. The second kappa shape index (κ2) is 11.2. The van der Waals surface area contributed by atoms with Crippen LogP contribution in [0.1, 0.15) is 27.7 Å². The number of aliphatic hydroxyl groups excluding tert-OH is 2.